The van der Waals surface area contributed by atoms with Gasteiger partial charge in [0.05, 0.1) is 31.6 Å². The summed E-state index contributed by atoms with van der Waals surface area (Å²) in [5, 5.41) is 2.95. The van der Waals surface area contributed by atoms with E-state index in [4.69, 9.17) is 23.9 Å². The first-order valence-corrected chi connectivity index (χ1v) is 10.4. The quantitative estimate of drug-likeness (QED) is 0.659. The Morgan fingerprint density at radius 3 is 2.72 bits per heavy atom. The third kappa shape index (κ3) is 4.04. The average molecular weight is 433 g/mol. The molecule has 32 heavy (non-hydrogen) atoms. The molecule has 3 heterocycles. The summed E-state index contributed by atoms with van der Waals surface area (Å²) in [5.41, 5.74) is 2.80. The number of methoxy groups -OCH3 is 1. The standard InChI is InChI=1S/C24H23N3O5/c1-29-18-4-2-3-17(14-18)25-24(28)19-6-7-20(26-23(19)27-9-11-30-12-10-27)16-5-8-21-22(13-16)32-15-31-21/h2-8,13-14H,9-12,15H2,1H3,(H,25,28). The van der Waals surface area contributed by atoms with E-state index in [2.05, 4.69) is 10.2 Å². The van der Waals surface area contributed by atoms with Crippen molar-refractivity contribution in [1.82, 2.24) is 4.98 Å². The Kier molecular flexibility index (Phi) is 5.51. The number of hydrogen-bond donors (Lipinski definition) is 1. The van der Waals surface area contributed by atoms with Gasteiger partial charge in [-0.2, -0.15) is 0 Å². The number of rotatable bonds is 5. The molecule has 5 rings (SSSR count). The van der Waals surface area contributed by atoms with Crippen LogP contribution in [0.5, 0.6) is 17.2 Å². The Labute approximate surface area is 185 Å². The lowest BCUT2D eigenvalue weighted by atomic mass is 10.1. The van der Waals surface area contributed by atoms with E-state index in [1.165, 1.54) is 0 Å². The fourth-order valence-electron chi connectivity index (χ4n) is 3.76. The number of aromatic nitrogens is 1. The van der Waals surface area contributed by atoms with Crippen LogP contribution in [-0.4, -0.2) is 51.1 Å². The highest BCUT2D eigenvalue weighted by molar-refractivity contribution is 6.08. The van der Waals surface area contributed by atoms with E-state index in [1.54, 1.807) is 13.2 Å². The molecule has 1 saturated heterocycles. The summed E-state index contributed by atoms with van der Waals surface area (Å²) in [6, 6.07) is 16.6. The summed E-state index contributed by atoms with van der Waals surface area (Å²) in [7, 11) is 1.59. The maximum absolute atomic E-state index is 13.2. The number of benzene rings is 2. The smallest absolute Gasteiger partial charge is 0.259 e. The summed E-state index contributed by atoms with van der Waals surface area (Å²) in [4.78, 5) is 20.2. The lowest BCUT2D eigenvalue weighted by Crippen LogP contribution is -2.38. The number of carbonyl (C=O) groups is 1. The van der Waals surface area contributed by atoms with Crippen molar-refractivity contribution in [3.63, 3.8) is 0 Å². The normalized spacial score (nSPS) is 14.8. The molecule has 0 atom stereocenters. The molecule has 2 aliphatic heterocycles. The number of ether oxygens (including phenoxy) is 4. The largest absolute Gasteiger partial charge is 0.497 e. The van der Waals surface area contributed by atoms with Crippen LogP contribution in [0.15, 0.2) is 54.6 Å². The molecule has 0 saturated carbocycles. The van der Waals surface area contributed by atoms with Gasteiger partial charge in [-0.3, -0.25) is 4.79 Å². The first kappa shape index (κ1) is 20.1. The van der Waals surface area contributed by atoms with Crippen LogP contribution < -0.4 is 24.4 Å². The fourth-order valence-corrected chi connectivity index (χ4v) is 3.76. The van der Waals surface area contributed by atoms with E-state index < -0.39 is 0 Å². The number of fused-ring (bicyclic) bond motifs is 1. The van der Waals surface area contributed by atoms with Crippen molar-refractivity contribution in [2.45, 2.75) is 0 Å². The molecular weight excluding hydrogens is 410 g/mol. The van der Waals surface area contributed by atoms with E-state index in [1.807, 2.05) is 48.5 Å². The molecule has 164 valence electrons. The monoisotopic (exact) mass is 433 g/mol. The first-order chi connectivity index (χ1) is 15.7. The third-order valence-corrected chi connectivity index (χ3v) is 5.43. The van der Waals surface area contributed by atoms with Crippen molar-refractivity contribution >= 4 is 17.4 Å². The summed E-state index contributed by atoms with van der Waals surface area (Å²) in [6.07, 6.45) is 0. The molecule has 3 aromatic rings. The number of anilines is 2. The van der Waals surface area contributed by atoms with Gasteiger partial charge in [-0.25, -0.2) is 4.98 Å². The van der Waals surface area contributed by atoms with Crippen LogP contribution in [0.3, 0.4) is 0 Å². The minimum atomic E-state index is -0.232. The van der Waals surface area contributed by atoms with Crippen LogP contribution in [0.4, 0.5) is 11.5 Å². The summed E-state index contributed by atoms with van der Waals surface area (Å²) < 4.78 is 21.7. The molecule has 8 nitrogen and oxygen atoms in total. The molecule has 8 heteroatoms. The molecule has 0 aliphatic carbocycles. The van der Waals surface area contributed by atoms with Crippen molar-refractivity contribution in [3.05, 3.63) is 60.2 Å². The molecule has 1 amide bonds. The highest BCUT2D eigenvalue weighted by atomic mass is 16.7. The summed E-state index contributed by atoms with van der Waals surface area (Å²) >= 11 is 0. The Morgan fingerprint density at radius 1 is 1.03 bits per heavy atom. The Morgan fingerprint density at radius 2 is 1.88 bits per heavy atom. The Bertz CT molecular complexity index is 1140. The highest BCUT2D eigenvalue weighted by Crippen LogP contribution is 2.36. The van der Waals surface area contributed by atoms with Crippen molar-refractivity contribution in [2.24, 2.45) is 0 Å². The van der Waals surface area contributed by atoms with E-state index >= 15 is 0 Å². The van der Waals surface area contributed by atoms with Crippen LogP contribution in [0, 0.1) is 0 Å². The van der Waals surface area contributed by atoms with E-state index in [9.17, 15) is 4.79 Å². The van der Waals surface area contributed by atoms with Gasteiger partial charge in [0.15, 0.2) is 11.5 Å². The van der Waals surface area contributed by atoms with E-state index in [0.717, 1.165) is 17.0 Å². The van der Waals surface area contributed by atoms with Gasteiger partial charge in [0.2, 0.25) is 6.79 Å². The van der Waals surface area contributed by atoms with Crippen LogP contribution in [0.1, 0.15) is 10.4 Å². The molecule has 1 N–H and O–H groups in total. The molecule has 0 unspecified atom stereocenters. The number of nitrogens with zero attached hydrogens (tertiary/aromatic N) is 2. The lowest BCUT2D eigenvalue weighted by Gasteiger charge is -2.29. The van der Waals surface area contributed by atoms with Gasteiger partial charge >= 0.3 is 0 Å². The number of morpholine rings is 1. The van der Waals surface area contributed by atoms with Crippen molar-refractivity contribution in [3.8, 4) is 28.5 Å². The molecule has 2 aliphatic rings. The minimum Gasteiger partial charge on any atom is -0.497 e. The average Bonchev–Trinajstić information content (AvgIpc) is 3.32. The Hall–Kier alpha value is -3.78. The number of pyridine rings is 1. The molecule has 0 spiro atoms. The van der Waals surface area contributed by atoms with Gasteiger partial charge in [-0.15, -0.1) is 0 Å². The second-order valence-corrected chi connectivity index (χ2v) is 7.42. The zero-order valence-corrected chi connectivity index (χ0v) is 17.7. The molecular formula is C24H23N3O5. The molecule has 0 bridgehead atoms. The fraction of sp³-hybridized carbons (Fsp3) is 0.250. The predicted octanol–water partition coefficient (Wildman–Crippen LogP) is 3.57. The zero-order chi connectivity index (χ0) is 21.9. The van der Waals surface area contributed by atoms with E-state index in [-0.39, 0.29) is 12.7 Å². The second kappa shape index (κ2) is 8.76. The van der Waals surface area contributed by atoms with Crippen molar-refractivity contribution in [1.29, 1.82) is 0 Å². The van der Waals surface area contributed by atoms with Crippen LogP contribution in [-0.2, 0) is 4.74 Å². The van der Waals surface area contributed by atoms with Gasteiger partial charge < -0.3 is 29.2 Å². The van der Waals surface area contributed by atoms with Crippen LogP contribution >= 0.6 is 0 Å². The summed E-state index contributed by atoms with van der Waals surface area (Å²) in [6.45, 7) is 2.72. The number of amides is 1. The SMILES string of the molecule is COc1cccc(NC(=O)c2ccc(-c3ccc4c(c3)OCO4)nc2N2CCOCC2)c1. The Balaban J connectivity index is 1.49. The molecule has 1 fully saturated rings. The molecule has 1 aromatic heterocycles. The van der Waals surface area contributed by atoms with Gasteiger partial charge in [0, 0.05) is 30.4 Å². The zero-order valence-electron chi connectivity index (χ0n) is 17.7. The van der Waals surface area contributed by atoms with Gasteiger partial charge in [0.1, 0.15) is 11.6 Å². The maximum atomic E-state index is 13.2. The van der Waals surface area contributed by atoms with Crippen molar-refractivity contribution < 1.29 is 23.7 Å². The molecule has 0 radical (unpaired) electrons. The predicted molar refractivity (Wildman–Crippen MR) is 120 cm³/mol. The highest BCUT2D eigenvalue weighted by Gasteiger charge is 2.22. The molecule has 2 aromatic carbocycles. The van der Waals surface area contributed by atoms with Crippen LogP contribution in [0.25, 0.3) is 11.3 Å². The van der Waals surface area contributed by atoms with E-state index in [0.29, 0.717) is 54.9 Å². The first-order valence-electron chi connectivity index (χ1n) is 10.4. The van der Waals surface area contributed by atoms with Gasteiger partial charge in [-0.05, 0) is 42.5 Å². The number of carbonyl (C=O) groups excluding carboxylic acids is 1. The number of nitrogens with one attached hydrogen (secondary N) is 1. The lowest BCUT2D eigenvalue weighted by molar-refractivity contribution is 0.102. The van der Waals surface area contributed by atoms with Crippen molar-refractivity contribution in [2.75, 3.05) is 50.4 Å². The van der Waals surface area contributed by atoms with Crippen LogP contribution in [0.2, 0.25) is 0 Å². The van der Waals surface area contributed by atoms with Gasteiger partial charge in [0.25, 0.3) is 5.91 Å². The van der Waals surface area contributed by atoms with Gasteiger partial charge in [-0.1, -0.05) is 6.07 Å². The number of hydrogen-bond acceptors (Lipinski definition) is 7. The second-order valence-electron chi connectivity index (χ2n) is 7.42. The third-order valence-electron chi connectivity index (χ3n) is 5.43. The minimum absolute atomic E-state index is 0.217. The topological polar surface area (TPSA) is 82.2 Å². The summed E-state index contributed by atoms with van der Waals surface area (Å²) in [5.74, 6) is 2.48. The maximum Gasteiger partial charge on any atom is 0.259 e.